The first-order valence-corrected chi connectivity index (χ1v) is 6.01. The lowest BCUT2D eigenvalue weighted by molar-refractivity contribution is -0.138. The highest BCUT2D eigenvalue weighted by atomic mass is 16.4. The Bertz CT molecular complexity index is 439. The van der Waals surface area contributed by atoms with Gasteiger partial charge in [-0.15, -0.1) is 5.10 Å². The molecule has 1 aliphatic carbocycles. The van der Waals surface area contributed by atoms with Crippen LogP contribution >= 0.6 is 0 Å². The van der Waals surface area contributed by atoms with E-state index in [1.165, 1.54) is 23.7 Å². The highest BCUT2D eigenvalue weighted by Gasteiger charge is 2.21. The lowest BCUT2D eigenvalue weighted by atomic mass is 10.2. The van der Waals surface area contributed by atoms with Gasteiger partial charge in [-0.2, -0.15) is 0 Å². The van der Waals surface area contributed by atoms with Gasteiger partial charge in [-0.25, -0.2) is 4.68 Å². The number of nitrogens with zero attached hydrogens (tertiary/aromatic N) is 3. The Morgan fingerprint density at radius 1 is 1.50 bits per heavy atom. The first kappa shape index (κ1) is 12.5. The molecular formula is C11H16N4O3. The van der Waals surface area contributed by atoms with E-state index in [0.29, 0.717) is 18.7 Å². The van der Waals surface area contributed by atoms with Crippen molar-refractivity contribution < 1.29 is 14.7 Å². The van der Waals surface area contributed by atoms with E-state index < -0.39 is 5.97 Å². The van der Waals surface area contributed by atoms with E-state index in [4.69, 9.17) is 5.11 Å². The summed E-state index contributed by atoms with van der Waals surface area (Å²) in [5, 5.41) is 18.7. The lowest BCUT2D eigenvalue weighted by Gasteiger charge is -2.01. The molecule has 7 nitrogen and oxygen atoms in total. The molecule has 0 saturated heterocycles. The van der Waals surface area contributed by atoms with Crippen LogP contribution in [0.4, 0.5) is 0 Å². The second-order valence-corrected chi connectivity index (χ2v) is 4.56. The third kappa shape index (κ3) is 4.15. The molecule has 0 aliphatic heterocycles. The second kappa shape index (κ2) is 5.61. The molecule has 0 unspecified atom stereocenters. The first-order chi connectivity index (χ1) is 8.63. The minimum atomic E-state index is -0.972. The van der Waals surface area contributed by atoms with Crippen LogP contribution in [0.1, 0.15) is 31.4 Å². The summed E-state index contributed by atoms with van der Waals surface area (Å²) < 4.78 is 1.23. The Morgan fingerprint density at radius 3 is 2.94 bits per heavy atom. The molecule has 1 heterocycles. The van der Waals surface area contributed by atoms with Crippen LogP contribution < -0.4 is 5.32 Å². The molecule has 0 atom stereocenters. The highest BCUT2D eigenvalue weighted by molar-refractivity contribution is 5.75. The summed E-state index contributed by atoms with van der Waals surface area (Å²) in [6.07, 6.45) is 5.52. The predicted octanol–water partition coefficient (Wildman–Crippen LogP) is 0.169. The third-order valence-corrected chi connectivity index (χ3v) is 2.83. The average Bonchev–Trinajstić information content (AvgIpc) is 3.04. The smallest absolute Gasteiger partial charge is 0.325 e. The number of amides is 1. The Morgan fingerprint density at radius 2 is 2.28 bits per heavy atom. The molecule has 0 aromatic carbocycles. The molecule has 1 aromatic rings. The van der Waals surface area contributed by atoms with Crippen LogP contribution in [0, 0.1) is 5.92 Å². The molecule has 0 bridgehead atoms. The number of aliphatic carboxylic acids is 1. The van der Waals surface area contributed by atoms with Gasteiger partial charge in [0.1, 0.15) is 12.2 Å². The SMILES string of the molecule is O=C(O)Cn1cc(CNC(=O)CCC2CC2)nn1. The molecule has 1 aromatic heterocycles. The first-order valence-electron chi connectivity index (χ1n) is 6.01. The van der Waals surface area contributed by atoms with Crippen molar-refractivity contribution in [1.82, 2.24) is 20.3 Å². The summed E-state index contributed by atoms with van der Waals surface area (Å²) in [6.45, 7) is 0.0751. The number of carbonyl (C=O) groups excluding carboxylic acids is 1. The van der Waals surface area contributed by atoms with Crippen LogP contribution in [-0.4, -0.2) is 32.0 Å². The zero-order chi connectivity index (χ0) is 13.0. The van der Waals surface area contributed by atoms with Crippen molar-refractivity contribution in [3.05, 3.63) is 11.9 Å². The summed E-state index contributed by atoms with van der Waals surface area (Å²) >= 11 is 0. The van der Waals surface area contributed by atoms with Gasteiger partial charge < -0.3 is 10.4 Å². The number of carboxylic acid groups (broad SMARTS) is 1. The van der Waals surface area contributed by atoms with Crippen molar-refractivity contribution in [2.45, 2.75) is 38.8 Å². The fourth-order valence-corrected chi connectivity index (χ4v) is 1.65. The van der Waals surface area contributed by atoms with Crippen LogP contribution in [0.3, 0.4) is 0 Å². The summed E-state index contributed by atoms with van der Waals surface area (Å²) in [7, 11) is 0. The average molecular weight is 252 g/mol. The molecule has 18 heavy (non-hydrogen) atoms. The van der Waals surface area contributed by atoms with Gasteiger partial charge >= 0.3 is 5.97 Å². The monoisotopic (exact) mass is 252 g/mol. The fourth-order valence-electron chi connectivity index (χ4n) is 1.65. The maximum absolute atomic E-state index is 11.5. The number of aromatic nitrogens is 3. The normalized spacial score (nSPS) is 14.4. The van der Waals surface area contributed by atoms with Gasteiger partial charge in [-0.1, -0.05) is 18.1 Å². The maximum atomic E-state index is 11.5. The van der Waals surface area contributed by atoms with Crippen LogP contribution in [0.2, 0.25) is 0 Å². The lowest BCUT2D eigenvalue weighted by Crippen LogP contribution is -2.22. The number of rotatable bonds is 7. The highest BCUT2D eigenvalue weighted by Crippen LogP contribution is 2.33. The van der Waals surface area contributed by atoms with Crippen molar-refractivity contribution in [3.63, 3.8) is 0 Å². The van der Waals surface area contributed by atoms with Crippen LogP contribution in [0.25, 0.3) is 0 Å². The van der Waals surface area contributed by atoms with E-state index in [0.717, 1.165) is 12.3 Å². The number of hydrogen-bond donors (Lipinski definition) is 2. The molecule has 0 radical (unpaired) electrons. The van der Waals surface area contributed by atoms with Crippen molar-refractivity contribution in [2.24, 2.45) is 5.92 Å². The summed E-state index contributed by atoms with van der Waals surface area (Å²) in [5.41, 5.74) is 0.566. The van der Waals surface area contributed by atoms with E-state index >= 15 is 0 Å². The minimum Gasteiger partial charge on any atom is -0.480 e. The Kier molecular flexibility index (Phi) is 3.91. The molecule has 98 valence electrons. The predicted molar refractivity (Wildman–Crippen MR) is 61.5 cm³/mol. The van der Waals surface area contributed by atoms with Crippen LogP contribution in [-0.2, 0) is 22.7 Å². The Labute approximate surface area is 104 Å². The number of nitrogens with one attached hydrogen (secondary N) is 1. The molecule has 0 spiro atoms. The topological polar surface area (TPSA) is 97.1 Å². The molecule has 2 N–H and O–H groups in total. The van der Waals surface area contributed by atoms with Crippen molar-refractivity contribution >= 4 is 11.9 Å². The van der Waals surface area contributed by atoms with Gasteiger partial charge in [0.15, 0.2) is 0 Å². The van der Waals surface area contributed by atoms with Gasteiger partial charge in [0, 0.05) is 6.42 Å². The van der Waals surface area contributed by atoms with Gasteiger partial charge in [-0.05, 0) is 12.3 Å². The molecule has 1 saturated carbocycles. The maximum Gasteiger partial charge on any atom is 0.325 e. The summed E-state index contributed by atoms with van der Waals surface area (Å²) in [5.74, 6) is -0.221. The van der Waals surface area contributed by atoms with Crippen molar-refractivity contribution in [1.29, 1.82) is 0 Å². The van der Waals surface area contributed by atoms with E-state index in [-0.39, 0.29) is 12.5 Å². The van der Waals surface area contributed by atoms with E-state index in [2.05, 4.69) is 15.6 Å². The van der Waals surface area contributed by atoms with Gasteiger partial charge in [0.25, 0.3) is 0 Å². The zero-order valence-corrected chi connectivity index (χ0v) is 10.0. The molecule has 1 aliphatic rings. The van der Waals surface area contributed by atoms with E-state index in [9.17, 15) is 9.59 Å². The van der Waals surface area contributed by atoms with Crippen molar-refractivity contribution in [2.75, 3.05) is 0 Å². The minimum absolute atomic E-state index is 0.00897. The third-order valence-electron chi connectivity index (χ3n) is 2.83. The van der Waals surface area contributed by atoms with Crippen LogP contribution in [0.5, 0.6) is 0 Å². The van der Waals surface area contributed by atoms with Gasteiger partial charge in [0.05, 0.1) is 12.7 Å². The van der Waals surface area contributed by atoms with Crippen molar-refractivity contribution in [3.8, 4) is 0 Å². The molecule has 1 fully saturated rings. The quantitative estimate of drug-likeness (QED) is 0.721. The molecule has 2 rings (SSSR count). The molecule has 7 heteroatoms. The van der Waals surface area contributed by atoms with E-state index in [1.807, 2.05) is 0 Å². The summed E-state index contributed by atoms with van der Waals surface area (Å²) in [4.78, 5) is 21.9. The van der Waals surface area contributed by atoms with Gasteiger partial charge in [0.2, 0.25) is 5.91 Å². The largest absolute Gasteiger partial charge is 0.480 e. The zero-order valence-electron chi connectivity index (χ0n) is 10.0. The standard InChI is InChI=1S/C11H16N4O3/c16-10(4-3-8-1-2-8)12-5-9-6-15(14-13-9)7-11(17)18/h6,8H,1-5,7H2,(H,12,16)(H,17,18). The number of carbonyl (C=O) groups is 2. The van der Waals surface area contributed by atoms with Gasteiger partial charge in [-0.3, -0.25) is 9.59 Å². The Balaban J connectivity index is 1.69. The number of carboxylic acids is 1. The number of hydrogen-bond acceptors (Lipinski definition) is 4. The molecular weight excluding hydrogens is 236 g/mol. The fraction of sp³-hybridized carbons (Fsp3) is 0.636. The second-order valence-electron chi connectivity index (χ2n) is 4.56. The van der Waals surface area contributed by atoms with Crippen LogP contribution in [0.15, 0.2) is 6.20 Å². The summed E-state index contributed by atoms with van der Waals surface area (Å²) in [6, 6.07) is 0. The molecule has 1 amide bonds. The van der Waals surface area contributed by atoms with E-state index in [1.54, 1.807) is 0 Å². The Hall–Kier alpha value is -1.92.